The third kappa shape index (κ3) is 4.23. The number of hydrogen-bond acceptors (Lipinski definition) is 6. The summed E-state index contributed by atoms with van der Waals surface area (Å²) in [6.45, 7) is 9.91. The molecular formula is C22H26N4O3S. The summed E-state index contributed by atoms with van der Waals surface area (Å²) in [5.41, 5.74) is 1.16. The summed E-state index contributed by atoms with van der Waals surface area (Å²) >= 11 is 1.22. The molecule has 2 aromatic heterocycles. The van der Waals surface area contributed by atoms with Crippen molar-refractivity contribution >= 4 is 28.6 Å². The van der Waals surface area contributed by atoms with Crippen LogP contribution in [0.25, 0.3) is 11.0 Å². The number of carbonyl (C=O) groups excluding carboxylic acids is 1. The first-order chi connectivity index (χ1) is 14.1. The lowest BCUT2D eigenvalue weighted by atomic mass is 10.1. The van der Waals surface area contributed by atoms with Crippen LogP contribution in [0.15, 0.2) is 38.9 Å². The van der Waals surface area contributed by atoms with Crippen LogP contribution in [-0.4, -0.2) is 30.1 Å². The normalized spacial score (nSPS) is 12.5. The van der Waals surface area contributed by atoms with Gasteiger partial charge in [-0.25, -0.2) is 14.8 Å². The highest BCUT2D eigenvalue weighted by Gasteiger charge is 2.23. The molecule has 0 aliphatic carbocycles. The second-order valence-electron chi connectivity index (χ2n) is 7.92. The third-order valence-corrected chi connectivity index (χ3v) is 5.89. The first-order valence-electron chi connectivity index (χ1n) is 9.85. The number of aromatic nitrogens is 4. The highest BCUT2D eigenvalue weighted by Crippen LogP contribution is 2.28. The van der Waals surface area contributed by atoms with Crippen molar-refractivity contribution in [1.82, 2.24) is 19.1 Å². The Kier molecular flexibility index (Phi) is 6.26. The number of thioether (sulfide) groups is 1. The number of rotatable bonds is 6. The molecule has 8 heteroatoms. The molecule has 0 aliphatic rings. The smallest absolute Gasteiger partial charge is 0.293 e. The molecule has 0 radical (unpaired) electrons. The molecule has 3 rings (SSSR count). The van der Waals surface area contributed by atoms with Gasteiger partial charge in [0.05, 0.1) is 5.25 Å². The fourth-order valence-electron chi connectivity index (χ4n) is 3.23. The second-order valence-corrected chi connectivity index (χ2v) is 9.25. The Morgan fingerprint density at radius 3 is 2.30 bits per heavy atom. The van der Waals surface area contributed by atoms with Gasteiger partial charge in [-0.05, 0) is 26.7 Å². The number of carbonyl (C=O) groups is 1. The summed E-state index contributed by atoms with van der Waals surface area (Å²) in [5, 5.41) is 0.237. The molecule has 1 unspecified atom stereocenters. The van der Waals surface area contributed by atoms with E-state index in [0.717, 1.165) is 10.1 Å². The Balaban J connectivity index is 2.13. The van der Waals surface area contributed by atoms with Crippen molar-refractivity contribution in [1.29, 1.82) is 0 Å². The summed E-state index contributed by atoms with van der Waals surface area (Å²) in [6.07, 6.45) is 0. The van der Waals surface area contributed by atoms with Gasteiger partial charge in [-0.15, -0.1) is 0 Å². The van der Waals surface area contributed by atoms with Crippen LogP contribution in [-0.2, 0) is 13.6 Å². The molecule has 1 atom stereocenters. The molecule has 30 heavy (non-hydrogen) atoms. The molecule has 3 aromatic rings. The molecule has 0 spiro atoms. The predicted molar refractivity (Wildman–Crippen MR) is 119 cm³/mol. The Morgan fingerprint density at radius 1 is 1.07 bits per heavy atom. The second kappa shape index (κ2) is 8.55. The topological polar surface area (TPSA) is 86.8 Å². The van der Waals surface area contributed by atoms with Crippen molar-refractivity contribution in [2.75, 3.05) is 0 Å². The standard InChI is InChI=1S/C22H26N4O3S/c1-12(2)11-26-19-17(21(28)25(6)22(26)29)20(24-15(5)23-19)30-14(4)18(27)16-9-7-13(3)8-10-16/h7-10,12,14H,11H2,1-6H3. The monoisotopic (exact) mass is 426 g/mol. The molecule has 158 valence electrons. The van der Waals surface area contributed by atoms with Gasteiger partial charge in [0.15, 0.2) is 11.4 Å². The summed E-state index contributed by atoms with van der Waals surface area (Å²) in [4.78, 5) is 47.4. The maximum atomic E-state index is 12.9. The first-order valence-corrected chi connectivity index (χ1v) is 10.7. The summed E-state index contributed by atoms with van der Waals surface area (Å²) in [5.74, 6) is 0.596. The minimum Gasteiger partial charge on any atom is -0.293 e. The SMILES string of the molecule is Cc1ccc(C(=O)C(C)Sc2nc(C)nc3c2c(=O)n(C)c(=O)n3CC(C)C)cc1. The van der Waals surface area contributed by atoms with E-state index in [1.165, 1.54) is 23.4 Å². The Bertz CT molecular complexity index is 1230. The van der Waals surface area contributed by atoms with Gasteiger partial charge in [0.1, 0.15) is 16.2 Å². The van der Waals surface area contributed by atoms with Gasteiger partial charge in [0.25, 0.3) is 5.56 Å². The molecule has 0 N–H and O–H groups in total. The predicted octanol–water partition coefficient (Wildman–Crippen LogP) is 3.13. The van der Waals surface area contributed by atoms with E-state index in [1.807, 2.05) is 32.9 Å². The molecular weight excluding hydrogens is 400 g/mol. The molecule has 0 aliphatic heterocycles. The zero-order valence-corrected chi connectivity index (χ0v) is 18.9. The lowest BCUT2D eigenvalue weighted by molar-refractivity contribution is 0.0994. The van der Waals surface area contributed by atoms with Crippen LogP contribution >= 0.6 is 11.8 Å². The van der Waals surface area contributed by atoms with Crippen LogP contribution in [0.3, 0.4) is 0 Å². The van der Waals surface area contributed by atoms with E-state index in [0.29, 0.717) is 28.6 Å². The van der Waals surface area contributed by atoms with Crippen molar-refractivity contribution in [2.45, 2.75) is 51.4 Å². The highest BCUT2D eigenvalue weighted by molar-refractivity contribution is 8.00. The molecule has 7 nitrogen and oxygen atoms in total. The van der Waals surface area contributed by atoms with Crippen molar-refractivity contribution in [3.05, 3.63) is 62.1 Å². The number of aryl methyl sites for hydroxylation is 2. The third-order valence-electron chi connectivity index (χ3n) is 4.80. The Hall–Kier alpha value is -2.74. The van der Waals surface area contributed by atoms with Gasteiger partial charge in [-0.3, -0.25) is 18.7 Å². The first kappa shape index (κ1) is 22.0. The lowest BCUT2D eigenvalue weighted by Crippen LogP contribution is -2.39. The van der Waals surface area contributed by atoms with Crippen LogP contribution in [0.2, 0.25) is 0 Å². The van der Waals surface area contributed by atoms with Gasteiger partial charge in [0, 0.05) is 19.2 Å². The average Bonchev–Trinajstić information content (AvgIpc) is 2.69. The van der Waals surface area contributed by atoms with Crippen molar-refractivity contribution in [2.24, 2.45) is 13.0 Å². The fraction of sp³-hybridized carbons (Fsp3) is 0.409. The Morgan fingerprint density at radius 2 is 1.70 bits per heavy atom. The summed E-state index contributed by atoms with van der Waals surface area (Å²) < 4.78 is 2.60. The van der Waals surface area contributed by atoms with E-state index < -0.39 is 16.5 Å². The van der Waals surface area contributed by atoms with Gasteiger partial charge >= 0.3 is 5.69 Å². The molecule has 0 fully saturated rings. The highest BCUT2D eigenvalue weighted by atomic mass is 32.2. The molecule has 2 heterocycles. The molecule has 0 saturated heterocycles. The fourth-order valence-corrected chi connectivity index (χ4v) is 4.29. The van der Waals surface area contributed by atoms with Crippen molar-refractivity contribution < 1.29 is 4.79 Å². The minimum absolute atomic E-state index is 0.0447. The number of benzene rings is 1. The van der Waals surface area contributed by atoms with Crippen LogP contribution < -0.4 is 11.2 Å². The van der Waals surface area contributed by atoms with Gasteiger partial charge < -0.3 is 0 Å². The van der Waals surface area contributed by atoms with Crippen LogP contribution in [0.5, 0.6) is 0 Å². The summed E-state index contributed by atoms with van der Waals surface area (Å²) in [7, 11) is 1.45. The number of nitrogens with zero attached hydrogens (tertiary/aromatic N) is 4. The largest absolute Gasteiger partial charge is 0.332 e. The van der Waals surface area contributed by atoms with Crippen molar-refractivity contribution in [3.8, 4) is 0 Å². The Labute approximate surface area is 179 Å². The van der Waals surface area contributed by atoms with Gasteiger partial charge in [0.2, 0.25) is 0 Å². The van der Waals surface area contributed by atoms with Gasteiger partial charge in [-0.2, -0.15) is 0 Å². The molecule has 0 amide bonds. The van der Waals surface area contributed by atoms with Crippen LogP contribution in [0, 0.1) is 19.8 Å². The van der Waals surface area contributed by atoms with Crippen LogP contribution in [0.1, 0.15) is 42.5 Å². The lowest BCUT2D eigenvalue weighted by Gasteiger charge is -2.16. The molecule has 0 saturated carbocycles. The zero-order valence-electron chi connectivity index (χ0n) is 18.1. The average molecular weight is 427 g/mol. The zero-order chi connectivity index (χ0) is 22.2. The summed E-state index contributed by atoms with van der Waals surface area (Å²) in [6, 6.07) is 7.40. The van der Waals surface area contributed by atoms with E-state index in [2.05, 4.69) is 9.97 Å². The van der Waals surface area contributed by atoms with Gasteiger partial charge in [-0.1, -0.05) is 55.4 Å². The van der Waals surface area contributed by atoms with E-state index in [9.17, 15) is 14.4 Å². The minimum atomic E-state index is -0.458. The number of Topliss-reactive ketones (excluding diaryl/α,β-unsaturated/α-hetero) is 1. The quantitative estimate of drug-likeness (QED) is 0.342. The van der Waals surface area contributed by atoms with E-state index in [4.69, 9.17) is 0 Å². The van der Waals surface area contributed by atoms with Crippen LogP contribution in [0.4, 0.5) is 0 Å². The molecule has 1 aromatic carbocycles. The van der Waals surface area contributed by atoms with Crippen molar-refractivity contribution in [3.63, 3.8) is 0 Å². The number of fused-ring (bicyclic) bond motifs is 1. The number of hydrogen-bond donors (Lipinski definition) is 0. The maximum absolute atomic E-state index is 12.9. The number of ketones is 1. The van der Waals surface area contributed by atoms with E-state index >= 15 is 0 Å². The molecule has 0 bridgehead atoms. The van der Waals surface area contributed by atoms with E-state index in [1.54, 1.807) is 26.0 Å². The maximum Gasteiger partial charge on any atom is 0.332 e. The van der Waals surface area contributed by atoms with E-state index in [-0.39, 0.29) is 17.1 Å².